The number of likely N-dealkylation sites (tertiary alicyclic amines) is 1. The van der Waals surface area contributed by atoms with Crippen LogP contribution in [0.15, 0.2) is 65.7 Å². The van der Waals surface area contributed by atoms with Crippen LogP contribution in [0, 0.1) is 11.7 Å². The van der Waals surface area contributed by atoms with Crippen molar-refractivity contribution >= 4 is 51.9 Å². The van der Waals surface area contributed by atoms with Crippen molar-refractivity contribution < 1.29 is 18.8 Å². The largest absolute Gasteiger partial charge is 0.383 e. The van der Waals surface area contributed by atoms with Gasteiger partial charge in [-0.3, -0.25) is 23.7 Å². The number of benzene rings is 2. The van der Waals surface area contributed by atoms with Gasteiger partial charge in [0.25, 0.3) is 17.4 Å². The number of rotatable bonds is 7. The molecule has 3 amide bonds. The number of carbonyl (C=O) groups is 3. The van der Waals surface area contributed by atoms with Crippen molar-refractivity contribution in [1.82, 2.24) is 29.2 Å². The molecule has 246 valence electrons. The molecule has 5 N–H and O–H groups in total. The van der Waals surface area contributed by atoms with Crippen LogP contribution in [-0.4, -0.2) is 60.0 Å². The van der Waals surface area contributed by atoms with E-state index in [1.54, 1.807) is 24.3 Å². The molecule has 0 spiro atoms. The number of piperidine rings is 1. The lowest BCUT2D eigenvalue weighted by Gasteiger charge is -2.33. The van der Waals surface area contributed by atoms with Crippen molar-refractivity contribution in [1.29, 1.82) is 0 Å². The zero-order chi connectivity index (χ0) is 34.3. The summed E-state index contributed by atoms with van der Waals surface area (Å²) in [5.41, 5.74) is 12.5. The fourth-order valence-corrected chi connectivity index (χ4v) is 6.16. The van der Waals surface area contributed by atoms with Gasteiger partial charge < -0.3 is 21.7 Å². The Bertz CT molecular complexity index is 2120. The highest BCUT2D eigenvalue weighted by Gasteiger charge is 2.29. The van der Waals surface area contributed by atoms with Crippen molar-refractivity contribution in [2.45, 2.75) is 32.7 Å². The summed E-state index contributed by atoms with van der Waals surface area (Å²) in [4.78, 5) is 62.0. The predicted molar refractivity (Wildman–Crippen MR) is 178 cm³/mol. The number of fused-ring (bicyclic) bond motifs is 1. The van der Waals surface area contributed by atoms with Crippen LogP contribution in [0.5, 0.6) is 0 Å². The van der Waals surface area contributed by atoms with Crippen molar-refractivity contribution in [3.8, 4) is 16.9 Å². The van der Waals surface area contributed by atoms with Gasteiger partial charge in [-0.2, -0.15) is 5.10 Å². The van der Waals surface area contributed by atoms with Crippen LogP contribution in [-0.2, 0) is 4.79 Å². The van der Waals surface area contributed by atoms with Crippen LogP contribution in [0.1, 0.15) is 53.6 Å². The molecule has 0 atom stereocenters. The van der Waals surface area contributed by atoms with E-state index >= 15 is 0 Å². The molecule has 0 aliphatic carbocycles. The molecule has 1 aliphatic rings. The highest BCUT2D eigenvalue weighted by atomic mass is 35.5. The molecule has 0 unspecified atom stereocenters. The number of nitrogens with zero attached hydrogens (tertiary/aromatic N) is 6. The van der Waals surface area contributed by atoms with Gasteiger partial charge in [0.1, 0.15) is 34.9 Å². The zero-order valence-electron chi connectivity index (χ0n) is 26.0. The van der Waals surface area contributed by atoms with Gasteiger partial charge in [0, 0.05) is 35.9 Å². The first-order valence-electron chi connectivity index (χ1n) is 15.1. The van der Waals surface area contributed by atoms with Gasteiger partial charge in [-0.1, -0.05) is 37.6 Å². The van der Waals surface area contributed by atoms with Gasteiger partial charge in [0.15, 0.2) is 5.65 Å². The SMILES string of the molecule is CC(C)C(=O)N1CCC(n2nc(-c3ccc(NC(=O)c4cc(Cl)c(C(N)=O)n(-c5ccc(F)cc5)c4=O)cc3)c3c(N)ncnc32)CC1. The topological polar surface area (TPSA) is 184 Å². The fraction of sp³-hybridized carbons (Fsp3) is 0.242. The van der Waals surface area contributed by atoms with E-state index in [1.807, 2.05) is 23.4 Å². The Hall–Kier alpha value is -5.63. The number of amides is 3. The van der Waals surface area contributed by atoms with Crippen molar-refractivity contribution in [2.24, 2.45) is 11.7 Å². The number of pyridine rings is 1. The first-order valence-corrected chi connectivity index (χ1v) is 15.5. The lowest BCUT2D eigenvalue weighted by Crippen LogP contribution is -2.41. The molecule has 3 aromatic heterocycles. The van der Waals surface area contributed by atoms with E-state index in [4.69, 9.17) is 28.2 Å². The Labute approximate surface area is 278 Å². The summed E-state index contributed by atoms with van der Waals surface area (Å²) in [6.07, 6.45) is 2.80. The minimum atomic E-state index is -1.00. The van der Waals surface area contributed by atoms with Gasteiger partial charge in [0.05, 0.1) is 16.5 Å². The fourth-order valence-electron chi connectivity index (χ4n) is 5.87. The maximum absolute atomic E-state index is 13.6. The van der Waals surface area contributed by atoms with Gasteiger partial charge >= 0.3 is 0 Å². The van der Waals surface area contributed by atoms with Crippen LogP contribution in [0.2, 0.25) is 5.02 Å². The highest BCUT2D eigenvalue weighted by Crippen LogP contribution is 2.35. The van der Waals surface area contributed by atoms with Gasteiger partial charge in [-0.05, 0) is 55.3 Å². The number of nitrogens with one attached hydrogen (secondary N) is 1. The quantitative estimate of drug-likeness (QED) is 0.230. The zero-order valence-corrected chi connectivity index (χ0v) is 26.7. The molecule has 48 heavy (non-hydrogen) atoms. The van der Waals surface area contributed by atoms with Crippen LogP contribution in [0.25, 0.3) is 28.0 Å². The molecule has 4 heterocycles. The number of anilines is 2. The third-order valence-electron chi connectivity index (χ3n) is 8.27. The van der Waals surface area contributed by atoms with Crippen LogP contribution in [0.3, 0.4) is 0 Å². The van der Waals surface area contributed by atoms with Gasteiger partial charge in [-0.15, -0.1) is 0 Å². The predicted octanol–water partition coefficient (Wildman–Crippen LogP) is 4.19. The standard InChI is InChI=1S/C33H31ClFN9O4/c1-17(2)32(47)42-13-11-22(12-14-42)44-30-25(28(36)38-16-39-30)26(41-44)18-3-7-20(8-4-18)40-31(46)23-15-24(34)27(29(37)45)43(33(23)48)21-9-5-19(35)6-10-21/h3-10,15-17,22H,11-14H2,1-2H3,(H2,37,45)(H,40,46)(H2,36,38,39). The Kier molecular flexibility index (Phi) is 8.67. The first kappa shape index (κ1) is 32.3. The van der Waals surface area contributed by atoms with Crippen molar-refractivity contribution in [3.63, 3.8) is 0 Å². The van der Waals surface area contributed by atoms with Crippen molar-refractivity contribution in [3.05, 3.63) is 93.4 Å². The van der Waals surface area contributed by atoms with E-state index < -0.39 is 23.2 Å². The molecule has 13 nitrogen and oxygen atoms in total. The summed E-state index contributed by atoms with van der Waals surface area (Å²) in [7, 11) is 0. The second kappa shape index (κ2) is 12.9. The summed E-state index contributed by atoms with van der Waals surface area (Å²) in [6.45, 7) is 5.00. The number of halogens is 2. The van der Waals surface area contributed by atoms with E-state index in [-0.39, 0.29) is 45.7 Å². The molecule has 1 fully saturated rings. The average Bonchev–Trinajstić information content (AvgIpc) is 3.46. The minimum absolute atomic E-state index is 0.00272. The summed E-state index contributed by atoms with van der Waals surface area (Å²) in [5.74, 6) is -2.04. The Morgan fingerprint density at radius 3 is 2.31 bits per heavy atom. The second-order valence-electron chi connectivity index (χ2n) is 11.7. The third-order valence-corrected chi connectivity index (χ3v) is 8.56. The Morgan fingerprint density at radius 1 is 1.02 bits per heavy atom. The van der Waals surface area contributed by atoms with Crippen molar-refractivity contribution in [2.75, 3.05) is 24.1 Å². The molecule has 0 radical (unpaired) electrons. The molecular weight excluding hydrogens is 641 g/mol. The van der Waals surface area contributed by atoms with E-state index in [1.165, 1.54) is 18.5 Å². The third kappa shape index (κ3) is 5.97. The van der Waals surface area contributed by atoms with Crippen LogP contribution in [0.4, 0.5) is 15.9 Å². The minimum Gasteiger partial charge on any atom is -0.383 e. The summed E-state index contributed by atoms with van der Waals surface area (Å²) >= 11 is 6.31. The molecular formula is C33H31ClFN9O4. The normalized spacial score (nSPS) is 13.6. The number of nitrogen functional groups attached to an aromatic ring is 1. The van der Waals surface area contributed by atoms with Crippen LogP contribution < -0.4 is 22.3 Å². The number of primary amides is 1. The Morgan fingerprint density at radius 2 is 1.69 bits per heavy atom. The Balaban J connectivity index is 1.28. The molecule has 2 aromatic carbocycles. The molecule has 15 heteroatoms. The molecule has 5 aromatic rings. The molecule has 1 aliphatic heterocycles. The molecule has 0 saturated carbocycles. The highest BCUT2D eigenvalue weighted by molar-refractivity contribution is 6.34. The molecule has 0 bridgehead atoms. The molecule has 6 rings (SSSR count). The lowest BCUT2D eigenvalue weighted by molar-refractivity contribution is -0.135. The average molecular weight is 672 g/mol. The monoisotopic (exact) mass is 671 g/mol. The van der Waals surface area contributed by atoms with Gasteiger partial charge in [0.2, 0.25) is 5.91 Å². The number of hydrogen-bond acceptors (Lipinski definition) is 8. The summed E-state index contributed by atoms with van der Waals surface area (Å²) in [6, 6.07) is 12.5. The van der Waals surface area contributed by atoms with E-state index in [0.717, 1.165) is 22.8 Å². The number of aromatic nitrogens is 5. The number of hydrogen-bond donors (Lipinski definition) is 3. The molecule has 1 saturated heterocycles. The summed E-state index contributed by atoms with van der Waals surface area (Å²) in [5, 5.41) is 7.93. The first-order chi connectivity index (χ1) is 22.9. The maximum atomic E-state index is 13.6. The number of nitrogens with two attached hydrogens (primary N) is 2. The van der Waals surface area contributed by atoms with E-state index in [9.17, 15) is 23.6 Å². The summed E-state index contributed by atoms with van der Waals surface area (Å²) < 4.78 is 16.3. The smallest absolute Gasteiger partial charge is 0.268 e. The lowest BCUT2D eigenvalue weighted by atomic mass is 10.0. The van der Waals surface area contributed by atoms with E-state index in [2.05, 4.69) is 15.3 Å². The van der Waals surface area contributed by atoms with E-state index in [0.29, 0.717) is 53.9 Å². The number of carbonyl (C=O) groups excluding carboxylic acids is 3. The van der Waals surface area contributed by atoms with Gasteiger partial charge in [-0.25, -0.2) is 19.0 Å². The second-order valence-corrected chi connectivity index (χ2v) is 12.1. The van der Waals surface area contributed by atoms with Crippen LogP contribution >= 0.6 is 11.6 Å². The maximum Gasteiger partial charge on any atom is 0.268 e.